The average Bonchev–Trinajstić information content (AvgIpc) is 4.10. The van der Waals surface area contributed by atoms with Gasteiger partial charge in [-0.3, -0.25) is 24.0 Å². The molecule has 0 aromatic rings. The standard InChI is InChI=1S/C51H77N11O23/c1-6-15-74-19-21-76-23-24-77-22-20-75-16-10-39(67)62(14-9-38(66)57-12-18-79-43(36-28-81-51(71)85-36)45-41(59-30(3)64)32(61-49(54)55)26-34(83-45)47(69)73-5)13-7-8-37(65)56-11-17-78-42(35-27-80-50(70)84-35)44-40(58-29(2)63)31(60-48(52)53)25-33(82-44)46(68)72-4/h1,25-26,31-32,35-36,40-45H,7-24,27-28H2,2-5H3,(H,56,65)(H,57,66)(H,58,63)(H,59,64)(H4,52,53,60)(H4,54,55,61)/t31-,32-,35+,36+,40+,41+,42+,43+,44+,45+/m0/s1. The number of cyclic esters (lactones) is 4. The molecule has 0 aromatic heterocycles. The maximum absolute atomic E-state index is 13.6. The third kappa shape index (κ3) is 24.5. The number of esters is 2. The van der Waals surface area contributed by atoms with Gasteiger partial charge in [0.15, 0.2) is 36.3 Å². The second-order valence-electron chi connectivity index (χ2n) is 18.6. The highest BCUT2D eigenvalue weighted by molar-refractivity contribution is 5.88. The molecular formula is C51H77N11O23. The Morgan fingerprint density at radius 2 is 1.06 bits per heavy atom. The summed E-state index contributed by atoms with van der Waals surface area (Å²) in [5.41, 5.74) is 22.7. The SMILES string of the molecule is C#CCOCCOCCOCCOCCC(=O)N(CCCC(=O)NCCO[C@@H]([C@@H]1OC(C(=O)OC)=C[C@H](N=C(N)N)[C@H]1NC(C)=O)[C@H]1COC(=O)O1)CCC(=O)NCCO[C@@H]([C@@H]1OC(C(=O)OC)=C[C@H](N=C(N)N)[C@H]1NC(C)=O)[C@H]1COC(=O)O1. The van der Waals surface area contributed by atoms with E-state index in [0.29, 0.717) is 26.4 Å². The monoisotopic (exact) mass is 1210 g/mol. The molecule has 0 unspecified atom stereocenters. The van der Waals surface area contributed by atoms with Crippen LogP contribution in [0.4, 0.5) is 9.59 Å². The number of methoxy groups -OCH3 is 2. The van der Waals surface area contributed by atoms with Gasteiger partial charge in [0.2, 0.25) is 41.1 Å². The summed E-state index contributed by atoms with van der Waals surface area (Å²) in [5, 5.41) is 10.8. The van der Waals surface area contributed by atoms with Gasteiger partial charge in [0, 0.05) is 52.9 Å². The molecule has 4 aliphatic rings. The highest BCUT2D eigenvalue weighted by Crippen LogP contribution is 2.31. The van der Waals surface area contributed by atoms with Gasteiger partial charge in [-0.15, -0.1) is 6.42 Å². The Labute approximate surface area is 489 Å². The van der Waals surface area contributed by atoms with Crippen molar-refractivity contribution in [3.05, 3.63) is 23.7 Å². The van der Waals surface area contributed by atoms with Gasteiger partial charge in [-0.25, -0.2) is 29.2 Å². The highest BCUT2D eigenvalue weighted by atomic mass is 16.8. The Morgan fingerprint density at radius 3 is 1.46 bits per heavy atom. The molecule has 85 heavy (non-hydrogen) atoms. The third-order valence-electron chi connectivity index (χ3n) is 12.4. The van der Waals surface area contributed by atoms with Crippen LogP contribution in [0, 0.1) is 12.3 Å². The van der Waals surface area contributed by atoms with Crippen molar-refractivity contribution in [2.24, 2.45) is 32.9 Å². The van der Waals surface area contributed by atoms with Crippen LogP contribution >= 0.6 is 0 Å². The van der Waals surface area contributed by atoms with Crippen LogP contribution in [0.1, 0.15) is 39.5 Å². The van der Waals surface area contributed by atoms with Crippen LogP contribution < -0.4 is 44.2 Å². The summed E-state index contributed by atoms with van der Waals surface area (Å²) in [6, 6.07) is -4.36. The van der Waals surface area contributed by atoms with Gasteiger partial charge in [-0.1, -0.05) is 5.92 Å². The van der Waals surface area contributed by atoms with Crippen LogP contribution in [0.15, 0.2) is 33.7 Å². The Kier molecular flexibility index (Phi) is 30.3. The molecule has 474 valence electrons. The molecule has 2 saturated heterocycles. The van der Waals surface area contributed by atoms with Gasteiger partial charge < -0.3 is 115 Å². The Balaban J connectivity index is 1.37. The summed E-state index contributed by atoms with van der Waals surface area (Å²) in [6.45, 7) is 2.92. The molecule has 10 atom stereocenters. The zero-order valence-electron chi connectivity index (χ0n) is 47.7. The number of terminal acetylenes is 1. The first-order valence-electron chi connectivity index (χ1n) is 26.9. The van der Waals surface area contributed by atoms with Crippen molar-refractivity contribution in [3.63, 3.8) is 0 Å². The number of carbonyl (C=O) groups is 9. The molecule has 5 amide bonds. The number of nitrogens with two attached hydrogens (primary N) is 4. The molecule has 0 saturated carbocycles. The lowest BCUT2D eigenvalue weighted by atomic mass is 9.92. The second-order valence-corrected chi connectivity index (χ2v) is 18.6. The van der Waals surface area contributed by atoms with Crippen LogP contribution in [-0.4, -0.2) is 251 Å². The minimum atomic E-state index is -1.30. The van der Waals surface area contributed by atoms with Crippen molar-refractivity contribution in [3.8, 4) is 12.3 Å². The summed E-state index contributed by atoms with van der Waals surface area (Å²) in [5.74, 6) is -3.34. The number of ether oxygens (including phenoxy) is 14. The Morgan fingerprint density at radius 1 is 0.624 bits per heavy atom. The molecule has 0 aliphatic carbocycles. The van der Waals surface area contributed by atoms with E-state index in [1.165, 1.54) is 30.9 Å². The molecule has 4 heterocycles. The maximum Gasteiger partial charge on any atom is 0.508 e. The topological polar surface area (TPSA) is 463 Å². The first-order chi connectivity index (χ1) is 40.7. The first-order valence-corrected chi connectivity index (χ1v) is 26.9. The van der Waals surface area contributed by atoms with Crippen molar-refractivity contribution in [2.45, 2.75) is 100 Å². The molecule has 2 fully saturated rings. The van der Waals surface area contributed by atoms with Crippen molar-refractivity contribution in [1.29, 1.82) is 0 Å². The first kappa shape index (κ1) is 69.3. The fourth-order valence-electron chi connectivity index (χ4n) is 8.70. The normalized spacial score (nSPS) is 22.0. The van der Waals surface area contributed by atoms with E-state index in [1.807, 2.05) is 0 Å². The van der Waals surface area contributed by atoms with E-state index in [-0.39, 0.29) is 128 Å². The van der Waals surface area contributed by atoms with Crippen LogP contribution in [0.25, 0.3) is 0 Å². The molecule has 12 N–H and O–H groups in total. The van der Waals surface area contributed by atoms with E-state index < -0.39 is 115 Å². The minimum Gasteiger partial charge on any atom is -0.478 e. The minimum absolute atomic E-state index is 0.00519. The molecule has 0 bridgehead atoms. The molecule has 0 aromatic carbocycles. The summed E-state index contributed by atoms with van der Waals surface area (Å²) in [4.78, 5) is 124. The molecule has 0 spiro atoms. The Hall–Kier alpha value is -8.23. The maximum atomic E-state index is 13.6. The molecule has 34 heteroatoms. The van der Waals surface area contributed by atoms with E-state index in [2.05, 4.69) is 37.2 Å². The van der Waals surface area contributed by atoms with Gasteiger partial charge in [0.05, 0.1) is 104 Å². The van der Waals surface area contributed by atoms with Gasteiger partial charge in [-0.2, -0.15) is 0 Å². The highest BCUT2D eigenvalue weighted by Gasteiger charge is 2.50. The largest absolute Gasteiger partial charge is 0.508 e. The summed E-state index contributed by atoms with van der Waals surface area (Å²) in [6.07, 6.45) is -2.04. The summed E-state index contributed by atoms with van der Waals surface area (Å²) in [7, 11) is 2.22. The molecule has 34 nitrogen and oxygen atoms in total. The number of aliphatic imine (C=N–C) groups is 2. The number of hydrogen-bond donors (Lipinski definition) is 8. The van der Waals surface area contributed by atoms with E-state index in [0.717, 1.165) is 14.2 Å². The van der Waals surface area contributed by atoms with Crippen molar-refractivity contribution >= 4 is 65.7 Å². The van der Waals surface area contributed by atoms with Crippen LogP contribution in [0.3, 0.4) is 0 Å². The number of nitrogens with zero attached hydrogens (tertiary/aromatic N) is 3. The van der Waals surface area contributed by atoms with Crippen LogP contribution in [-0.2, 0) is 99.9 Å². The van der Waals surface area contributed by atoms with E-state index >= 15 is 0 Å². The van der Waals surface area contributed by atoms with Crippen molar-refractivity contribution in [1.82, 2.24) is 26.2 Å². The number of nitrogens with one attached hydrogen (secondary N) is 4. The number of carbonyl (C=O) groups excluding carboxylic acids is 9. The van der Waals surface area contributed by atoms with E-state index in [9.17, 15) is 43.2 Å². The Bertz CT molecular complexity index is 2430. The second kappa shape index (κ2) is 37.2. The number of guanidine groups is 2. The van der Waals surface area contributed by atoms with E-state index in [4.69, 9.17) is 95.7 Å². The third-order valence-corrected chi connectivity index (χ3v) is 12.4. The number of amides is 5. The molecular weight excluding hydrogens is 1130 g/mol. The average molecular weight is 1210 g/mol. The van der Waals surface area contributed by atoms with Gasteiger partial charge in [-0.05, 0) is 18.6 Å². The lowest BCUT2D eigenvalue weighted by Gasteiger charge is -2.40. The number of hydrogen-bond acceptors (Lipinski definition) is 25. The van der Waals surface area contributed by atoms with Crippen LogP contribution in [0.2, 0.25) is 0 Å². The van der Waals surface area contributed by atoms with Gasteiger partial charge in [0.1, 0.15) is 32.0 Å². The lowest BCUT2D eigenvalue weighted by molar-refractivity contribution is -0.152. The number of rotatable bonds is 38. The van der Waals surface area contributed by atoms with Crippen LogP contribution in [0.5, 0.6) is 0 Å². The summed E-state index contributed by atoms with van der Waals surface area (Å²) >= 11 is 0. The fourth-order valence-corrected chi connectivity index (χ4v) is 8.70. The molecule has 4 aliphatic heterocycles. The smallest absolute Gasteiger partial charge is 0.478 e. The molecule has 0 radical (unpaired) electrons. The molecule has 4 rings (SSSR count). The van der Waals surface area contributed by atoms with Crippen molar-refractivity contribution in [2.75, 3.05) is 120 Å². The zero-order valence-corrected chi connectivity index (χ0v) is 47.7. The van der Waals surface area contributed by atoms with E-state index in [1.54, 1.807) is 0 Å². The summed E-state index contributed by atoms with van der Waals surface area (Å²) < 4.78 is 76.2. The quantitative estimate of drug-likeness (QED) is 0.00720. The lowest BCUT2D eigenvalue weighted by Crippen LogP contribution is -2.60. The fraction of sp³-hybridized carbons (Fsp3) is 0.667. The zero-order chi connectivity index (χ0) is 62.3. The predicted molar refractivity (Wildman–Crippen MR) is 289 cm³/mol. The predicted octanol–water partition coefficient (Wildman–Crippen LogP) is -4.65. The van der Waals surface area contributed by atoms with Gasteiger partial charge >= 0.3 is 24.2 Å². The van der Waals surface area contributed by atoms with Gasteiger partial charge in [0.25, 0.3) is 0 Å². The van der Waals surface area contributed by atoms with Crippen molar-refractivity contribution < 1.29 is 109 Å².